The molecular formula is C8H11NO4S. The van der Waals surface area contributed by atoms with Crippen LogP contribution in [0.1, 0.15) is 20.8 Å². The van der Waals surface area contributed by atoms with Gasteiger partial charge < -0.3 is 4.74 Å². The van der Waals surface area contributed by atoms with Gasteiger partial charge in [0.15, 0.2) is 0 Å². The van der Waals surface area contributed by atoms with Gasteiger partial charge in [-0.05, 0) is 32.5 Å². The first-order valence-corrected chi connectivity index (χ1v) is 4.96. The summed E-state index contributed by atoms with van der Waals surface area (Å²) in [5.74, 6) is -0.522. The zero-order valence-corrected chi connectivity index (χ0v) is 9.01. The summed E-state index contributed by atoms with van der Waals surface area (Å²) in [4.78, 5) is 34.6. The number of carbonyl (C=O) groups excluding carboxylic acids is 3. The first-order valence-electron chi connectivity index (χ1n) is 4.14. The standard InChI is InChI=1S/C8H11NO4S/c1-4-13-6(11)9-5(10)8(2,3)14-7(9)12/h4H2,1-3H3. The van der Waals surface area contributed by atoms with Gasteiger partial charge in [0.25, 0.3) is 11.1 Å². The molecule has 0 aromatic carbocycles. The number of hydrogen-bond acceptors (Lipinski definition) is 5. The van der Waals surface area contributed by atoms with E-state index in [2.05, 4.69) is 4.74 Å². The molecule has 0 aromatic heterocycles. The number of amides is 3. The van der Waals surface area contributed by atoms with Gasteiger partial charge in [0.05, 0.1) is 11.4 Å². The molecular weight excluding hydrogens is 206 g/mol. The number of carbonyl (C=O) groups is 3. The fraction of sp³-hybridized carbons (Fsp3) is 0.625. The van der Waals surface area contributed by atoms with Crippen LogP contribution in [0.15, 0.2) is 0 Å². The number of ether oxygens (including phenoxy) is 1. The van der Waals surface area contributed by atoms with E-state index in [1.807, 2.05) is 0 Å². The average molecular weight is 217 g/mol. The van der Waals surface area contributed by atoms with Crippen LogP contribution >= 0.6 is 11.8 Å². The van der Waals surface area contributed by atoms with Crippen LogP contribution < -0.4 is 0 Å². The summed E-state index contributed by atoms with van der Waals surface area (Å²) >= 11 is 0.830. The third-order valence-electron chi connectivity index (χ3n) is 1.69. The van der Waals surface area contributed by atoms with Gasteiger partial charge in [-0.25, -0.2) is 4.79 Å². The summed E-state index contributed by atoms with van der Waals surface area (Å²) in [6, 6.07) is 0. The lowest BCUT2D eigenvalue weighted by Gasteiger charge is -2.13. The lowest BCUT2D eigenvalue weighted by Crippen LogP contribution is -2.40. The summed E-state index contributed by atoms with van der Waals surface area (Å²) < 4.78 is 3.72. The Labute approximate surface area is 85.8 Å². The third kappa shape index (κ3) is 1.75. The van der Waals surface area contributed by atoms with E-state index in [0.29, 0.717) is 4.90 Å². The Bertz CT molecular complexity index is 300. The van der Waals surface area contributed by atoms with Gasteiger partial charge in [-0.15, -0.1) is 0 Å². The second kappa shape index (κ2) is 3.61. The van der Waals surface area contributed by atoms with Crippen LogP contribution in [0.3, 0.4) is 0 Å². The molecule has 6 heteroatoms. The second-order valence-electron chi connectivity index (χ2n) is 3.22. The van der Waals surface area contributed by atoms with Crippen LogP contribution in [-0.4, -0.2) is 33.5 Å². The molecule has 0 spiro atoms. The molecule has 78 valence electrons. The number of thioether (sulfide) groups is 1. The molecule has 0 aliphatic carbocycles. The van der Waals surface area contributed by atoms with Crippen molar-refractivity contribution >= 4 is 29.0 Å². The van der Waals surface area contributed by atoms with Crippen molar-refractivity contribution in [2.45, 2.75) is 25.5 Å². The highest BCUT2D eigenvalue weighted by atomic mass is 32.2. The van der Waals surface area contributed by atoms with Crippen molar-refractivity contribution in [2.75, 3.05) is 6.61 Å². The maximum absolute atomic E-state index is 11.5. The molecule has 0 atom stereocenters. The molecule has 1 aliphatic heterocycles. The zero-order valence-electron chi connectivity index (χ0n) is 8.20. The molecule has 5 nitrogen and oxygen atoms in total. The first kappa shape index (κ1) is 11.0. The Balaban J connectivity index is 2.86. The molecule has 0 unspecified atom stereocenters. The van der Waals surface area contributed by atoms with Crippen LogP contribution in [0.2, 0.25) is 0 Å². The van der Waals surface area contributed by atoms with Crippen molar-refractivity contribution < 1.29 is 19.1 Å². The van der Waals surface area contributed by atoms with Crippen molar-refractivity contribution in [1.29, 1.82) is 0 Å². The van der Waals surface area contributed by atoms with Gasteiger partial charge in [0.2, 0.25) is 0 Å². The van der Waals surface area contributed by atoms with Gasteiger partial charge in [-0.3, -0.25) is 9.59 Å². The maximum Gasteiger partial charge on any atom is 0.424 e. The minimum atomic E-state index is -0.888. The summed E-state index contributed by atoms with van der Waals surface area (Å²) in [5, 5.41) is -0.571. The molecule has 0 aromatic rings. The monoisotopic (exact) mass is 217 g/mol. The zero-order chi connectivity index (χ0) is 10.9. The molecule has 1 aliphatic rings. The number of rotatable bonds is 1. The minimum Gasteiger partial charge on any atom is -0.449 e. The topological polar surface area (TPSA) is 63.7 Å². The van der Waals surface area contributed by atoms with E-state index in [1.54, 1.807) is 20.8 Å². The highest BCUT2D eigenvalue weighted by Crippen LogP contribution is 2.36. The largest absolute Gasteiger partial charge is 0.449 e. The van der Waals surface area contributed by atoms with E-state index in [4.69, 9.17) is 0 Å². The fourth-order valence-electron chi connectivity index (χ4n) is 1.01. The van der Waals surface area contributed by atoms with Crippen LogP contribution in [0, 0.1) is 0 Å². The average Bonchev–Trinajstić information content (AvgIpc) is 2.22. The van der Waals surface area contributed by atoms with E-state index in [9.17, 15) is 14.4 Å². The molecule has 0 saturated carbocycles. The smallest absolute Gasteiger partial charge is 0.424 e. The van der Waals surface area contributed by atoms with Crippen LogP contribution in [0.5, 0.6) is 0 Å². The van der Waals surface area contributed by atoms with E-state index in [0.717, 1.165) is 11.8 Å². The molecule has 1 fully saturated rings. The summed E-state index contributed by atoms with van der Waals surface area (Å²) in [6.07, 6.45) is -0.888. The maximum atomic E-state index is 11.5. The molecule has 1 heterocycles. The lowest BCUT2D eigenvalue weighted by molar-refractivity contribution is -0.127. The van der Waals surface area contributed by atoms with Crippen molar-refractivity contribution in [2.24, 2.45) is 0 Å². The van der Waals surface area contributed by atoms with Crippen molar-refractivity contribution in [3.05, 3.63) is 0 Å². The molecule has 3 amide bonds. The lowest BCUT2D eigenvalue weighted by atomic mass is 10.2. The number of hydrogen-bond donors (Lipinski definition) is 0. The van der Waals surface area contributed by atoms with Crippen LogP contribution in [-0.2, 0) is 9.53 Å². The van der Waals surface area contributed by atoms with Gasteiger partial charge >= 0.3 is 6.09 Å². The summed E-state index contributed by atoms with van der Waals surface area (Å²) in [7, 11) is 0. The highest BCUT2D eigenvalue weighted by Gasteiger charge is 2.49. The van der Waals surface area contributed by atoms with E-state index >= 15 is 0 Å². The molecule has 0 bridgehead atoms. The van der Waals surface area contributed by atoms with Crippen LogP contribution in [0.25, 0.3) is 0 Å². The Morgan fingerprint density at radius 3 is 2.43 bits per heavy atom. The Hall–Kier alpha value is -1.04. The molecule has 0 radical (unpaired) electrons. The Morgan fingerprint density at radius 2 is 2.07 bits per heavy atom. The Morgan fingerprint density at radius 1 is 1.50 bits per heavy atom. The first-order chi connectivity index (χ1) is 6.40. The molecule has 1 saturated heterocycles. The second-order valence-corrected chi connectivity index (χ2v) is 4.79. The van der Waals surface area contributed by atoms with Gasteiger partial charge in [0.1, 0.15) is 0 Å². The van der Waals surface area contributed by atoms with Gasteiger partial charge in [0, 0.05) is 0 Å². The van der Waals surface area contributed by atoms with Crippen molar-refractivity contribution in [3.63, 3.8) is 0 Å². The van der Waals surface area contributed by atoms with Crippen molar-refractivity contribution in [3.8, 4) is 0 Å². The number of imide groups is 3. The fourth-order valence-corrected chi connectivity index (χ4v) is 1.87. The van der Waals surface area contributed by atoms with Crippen LogP contribution in [0.4, 0.5) is 9.59 Å². The van der Waals surface area contributed by atoms with E-state index in [1.165, 1.54) is 0 Å². The minimum absolute atomic E-state index is 0.140. The SMILES string of the molecule is CCOC(=O)N1C(=O)SC(C)(C)C1=O. The van der Waals surface area contributed by atoms with E-state index in [-0.39, 0.29) is 6.61 Å². The summed E-state index contributed by atoms with van der Waals surface area (Å²) in [6.45, 7) is 4.94. The highest BCUT2D eigenvalue weighted by molar-refractivity contribution is 8.16. The number of nitrogens with zero attached hydrogens (tertiary/aromatic N) is 1. The van der Waals surface area contributed by atoms with Gasteiger partial charge in [-0.1, -0.05) is 0 Å². The summed E-state index contributed by atoms with van der Waals surface area (Å²) in [5.41, 5.74) is 0. The van der Waals surface area contributed by atoms with Gasteiger partial charge in [-0.2, -0.15) is 4.90 Å². The Kier molecular flexibility index (Phi) is 2.84. The quantitative estimate of drug-likeness (QED) is 0.667. The predicted octanol–water partition coefficient (Wildman–Crippen LogP) is 1.62. The van der Waals surface area contributed by atoms with Crippen molar-refractivity contribution in [1.82, 2.24) is 4.90 Å². The third-order valence-corrected chi connectivity index (χ3v) is 2.74. The molecule has 0 N–H and O–H groups in total. The molecule has 14 heavy (non-hydrogen) atoms. The van der Waals surface area contributed by atoms with E-state index < -0.39 is 22.0 Å². The molecule has 1 rings (SSSR count). The normalized spacial score (nSPS) is 20.1. The predicted molar refractivity (Wildman–Crippen MR) is 50.9 cm³/mol.